The summed E-state index contributed by atoms with van der Waals surface area (Å²) in [4.78, 5) is 13.8. The molecule has 1 aromatic carbocycles. The van der Waals surface area contributed by atoms with Gasteiger partial charge in [0.25, 0.3) is 0 Å². The standard InChI is InChI=1S/C17H17ClO2S/c1-20-17(19)16(13-4-2-3-5-14(13)18)12-6-7-15-11(10-12)8-9-21-15/h2-5,8-9,12,16H,6-7,10H2,1H3/t12?,16-/m0/s1. The molecule has 3 rings (SSSR count). The van der Waals surface area contributed by atoms with Crippen molar-refractivity contribution in [3.63, 3.8) is 0 Å². The third kappa shape index (κ3) is 2.85. The van der Waals surface area contributed by atoms with Crippen LogP contribution in [0.3, 0.4) is 0 Å². The number of carbonyl (C=O) groups is 1. The van der Waals surface area contributed by atoms with Crippen LogP contribution in [0.2, 0.25) is 5.02 Å². The summed E-state index contributed by atoms with van der Waals surface area (Å²) in [6.45, 7) is 0. The first-order valence-electron chi connectivity index (χ1n) is 7.08. The molecule has 1 aromatic heterocycles. The maximum absolute atomic E-state index is 12.3. The quantitative estimate of drug-likeness (QED) is 0.780. The Balaban J connectivity index is 1.94. The third-order valence-electron chi connectivity index (χ3n) is 4.23. The van der Waals surface area contributed by atoms with Gasteiger partial charge in [-0.25, -0.2) is 0 Å². The smallest absolute Gasteiger partial charge is 0.313 e. The number of fused-ring (bicyclic) bond motifs is 1. The van der Waals surface area contributed by atoms with E-state index in [4.69, 9.17) is 16.3 Å². The molecular formula is C17H17ClO2S. The fourth-order valence-electron chi connectivity index (χ4n) is 3.18. The predicted molar refractivity (Wildman–Crippen MR) is 86.0 cm³/mol. The molecule has 1 aliphatic carbocycles. The van der Waals surface area contributed by atoms with E-state index in [1.54, 1.807) is 0 Å². The van der Waals surface area contributed by atoms with Crippen LogP contribution in [0.5, 0.6) is 0 Å². The van der Waals surface area contributed by atoms with Crippen molar-refractivity contribution in [1.82, 2.24) is 0 Å². The Bertz CT molecular complexity index is 650. The minimum absolute atomic E-state index is 0.188. The molecule has 0 aliphatic heterocycles. The summed E-state index contributed by atoms with van der Waals surface area (Å²) in [5, 5.41) is 2.78. The van der Waals surface area contributed by atoms with Crippen molar-refractivity contribution in [2.24, 2.45) is 5.92 Å². The number of thiophene rings is 1. The van der Waals surface area contributed by atoms with E-state index in [0.29, 0.717) is 5.02 Å². The van der Waals surface area contributed by atoms with Crippen molar-refractivity contribution >= 4 is 28.9 Å². The molecular weight excluding hydrogens is 304 g/mol. The number of hydrogen-bond acceptors (Lipinski definition) is 3. The monoisotopic (exact) mass is 320 g/mol. The third-order valence-corrected chi connectivity index (χ3v) is 5.60. The van der Waals surface area contributed by atoms with E-state index in [9.17, 15) is 4.79 Å². The summed E-state index contributed by atoms with van der Waals surface area (Å²) < 4.78 is 5.05. The van der Waals surface area contributed by atoms with Gasteiger partial charge < -0.3 is 4.74 Å². The molecule has 0 N–H and O–H groups in total. The first kappa shape index (κ1) is 14.6. The molecule has 0 amide bonds. The lowest BCUT2D eigenvalue weighted by Crippen LogP contribution is -2.27. The Kier molecular flexibility index (Phi) is 4.32. The number of methoxy groups -OCH3 is 1. The number of rotatable bonds is 3. The van der Waals surface area contributed by atoms with Gasteiger partial charge in [0.15, 0.2) is 0 Å². The van der Waals surface area contributed by atoms with Crippen LogP contribution in [0.1, 0.15) is 28.3 Å². The molecule has 1 unspecified atom stereocenters. The van der Waals surface area contributed by atoms with Gasteiger partial charge in [0.1, 0.15) is 0 Å². The zero-order valence-electron chi connectivity index (χ0n) is 11.8. The molecule has 2 atom stereocenters. The average Bonchev–Trinajstić information content (AvgIpc) is 2.97. The van der Waals surface area contributed by atoms with E-state index in [1.165, 1.54) is 17.6 Å². The summed E-state index contributed by atoms with van der Waals surface area (Å²) in [6.07, 6.45) is 2.96. The summed E-state index contributed by atoms with van der Waals surface area (Å²) in [7, 11) is 1.45. The molecule has 2 aromatic rings. The van der Waals surface area contributed by atoms with Crippen LogP contribution in [-0.4, -0.2) is 13.1 Å². The molecule has 1 heterocycles. The Labute approximate surface area is 133 Å². The lowest BCUT2D eigenvalue weighted by Gasteiger charge is -2.29. The highest BCUT2D eigenvalue weighted by Gasteiger charge is 2.34. The Morgan fingerprint density at radius 3 is 2.95 bits per heavy atom. The van der Waals surface area contributed by atoms with E-state index in [1.807, 2.05) is 35.6 Å². The van der Waals surface area contributed by atoms with Crippen molar-refractivity contribution in [3.05, 3.63) is 56.7 Å². The summed E-state index contributed by atoms with van der Waals surface area (Å²) >= 11 is 8.12. The first-order chi connectivity index (χ1) is 10.2. The molecule has 0 spiro atoms. The minimum atomic E-state index is -0.281. The summed E-state index contributed by atoms with van der Waals surface area (Å²) in [6, 6.07) is 9.76. The number of aryl methyl sites for hydroxylation is 1. The van der Waals surface area contributed by atoms with Gasteiger partial charge in [-0.15, -0.1) is 11.3 Å². The van der Waals surface area contributed by atoms with Crippen molar-refractivity contribution in [1.29, 1.82) is 0 Å². The molecule has 0 bridgehead atoms. The SMILES string of the molecule is COC(=O)[C@H](c1ccccc1Cl)C1CCc2sccc2C1. The van der Waals surface area contributed by atoms with Crippen LogP contribution in [-0.2, 0) is 22.4 Å². The zero-order chi connectivity index (χ0) is 14.8. The van der Waals surface area contributed by atoms with Crippen molar-refractivity contribution < 1.29 is 9.53 Å². The molecule has 110 valence electrons. The highest BCUT2D eigenvalue weighted by molar-refractivity contribution is 7.10. The molecule has 0 fully saturated rings. The molecule has 2 nitrogen and oxygen atoms in total. The fourth-order valence-corrected chi connectivity index (χ4v) is 4.37. The average molecular weight is 321 g/mol. The number of benzene rings is 1. The number of ether oxygens (including phenoxy) is 1. The molecule has 1 aliphatic rings. The van der Waals surface area contributed by atoms with Crippen LogP contribution >= 0.6 is 22.9 Å². The lowest BCUT2D eigenvalue weighted by molar-refractivity contribution is -0.144. The van der Waals surface area contributed by atoms with Gasteiger partial charge in [-0.05, 0) is 53.8 Å². The topological polar surface area (TPSA) is 26.3 Å². The van der Waals surface area contributed by atoms with Gasteiger partial charge in [0.05, 0.1) is 13.0 Å². The molecule has 0 saturated heterocycles. The number of hydrogen-bond donors (Lipinski definition) is 0. The lowest BCUT2D eigenvalue weighted by atomic mass is 9.76. The van der Waals surface area contributed by atoms with Gasteiger partial charge in [0.2, 0.25) is 0 Å². The van der Waals surface area contributed by atoms with Gasteiger partial charge in [-0.1, -0.05) is 29.8 Å². The van der Waals surface area contributed by atoms with Crippen LogP contribution < -0.4 is 0 Å². The van der Waals surface area contributed by atoms with Crippen LogP contribution in [0.4, 0.5) is 0 Å². The Hall–Kier alpha value is -1.32. The highest BCUT2D eigenvalue weighted by Crippen LogP contribution is 2.40. The maximum Gasteiger partial charge on any atom is 0.313 e. The van der Waals surface area contributed by atoms with Crippen LogP contribution in [0, 0.1) is 5.92 Å². The summed E-state index contributed by atoms with van der Waals surface area (Å²) in [5.41, 5.74) is 2.26. The largest absolute Gasteiger partial charge is 0.469 e. The second-order valence-corrected chi connectivity index (χ2v) is 6.80. The van der Waals surface area contributed by atoms with Gasteiger partial charge in [-0.3, -0.25) is 4.79 Å². The second kappa shape index (κ2) is 6.20. The van der Waals surface area contributed by atoms with Crippen molar-refractivity contribution in [3.8, 4) is 0 Å². The summed E-state index contributed by atoms with van der Waals surface area (Å²) in [5.74, 6) is -0.219. The Morgan fingerprint density at radius 2 is 2.19 bits per heavy atom. The molecule has 4 heteroatoms. The van der Waals surface area contributed by atoms with E-state index < -0.39 is 0 Å². The Morgan fingerprint density at radius 1 is 1.38 bits per heavy atom. The predicted octanol–water partition coefficient (Wildman–Crippen LogP) is 4.46. The highest BCUT2D eigenvalue weighted by atomic mass is 35.5. The maximum atomic E-state index is 12.3. The minimum Gasteiger partial charge on any atom is -0.469 e. The van der Waals surface area contributed by atoms with Crippen LogP contribution in [0.15, 0.2) is 35.7 Å². The fraction of sp³-hybridized carbons (Fsp3) is 0.353. The van der Waals surface area contributed by atoms with Gasteiger partial charge in [0, 0.05) is 9.90 Å². The van der Waals surface area contributed by atoms with Crippen molar-refractivity contribution in [2.75, 3.05) is 7.11 Å². The van der Waals surface area contributed by atoms with Crippen LogP contribution in [0.25, 0.3) is 0 Å². The first-order valence-corrected chi connectivity index (χ1v) is 8.34. The van der Waals surface area contributed by atoms with E-state index in [2.05, 4.69) is 11.4 Å². The number of carbonyl (C=O) groups excluding carboxylic acids is 1. The van der Waals surface area contributed by atoms with Crippen molar-refractivity contribution in [2.45, 2.75) is 25.2 Å². The zero-order valence-corrected chi connectivity index (χ0v) is 13.4. The molecule has 21 heavy (non-hydrogen) atoms. The molecule has 0 saturated carbocycles. The number of halogens is 1. The van der Waals surface area contributed by atoms with E-state index in [-0.39, 0.29) is 17.8 Å². The van der Waals surface area contributed by atoms with E-state index >= 15 is 0 Å². The van der Waals surface area contributed by atoms with Gasteiger partial charge in [-0.2, -0.15) is 0 Å². The second-order valence-electron chi connectivity index (χ2n) is 5.39. The normalized spacial score (nSPS) is 18.9. The molecule has 0 radical (unpaired) electrons. The van der Waals surface area contributed by atoms with Gasteiger partial charge >= 0.3 is 5.97 Å². The van der Waals surface area contributed by atoms with E-state index in [0.717, 1.165) is 24.8 Å². The number of esters is 1.